The van der Waals surface area contributed by atoms with Crippen LogP contribution in [-0.4, -0.2) is 45.3 Å². The van der Waals surface area contributed by atoms with Crippen molar-refractivity contribution in [1.29, 1.82) is 0 Å². The molecule has 0 unspecified atom stereocenters. The molecule has 0 aliphatic carbocycles. The highest BCUT2D eigenvalue weighted by Crippen LogP contribution is 2.32. The van der Waals surface area contributed by atoms with Gasteiger partial charge in [0.2, 0.25) is 5.95 Å². The molecule has 0 spiro atoms. The Morgan fingerprint density at radius 3 is 2.87 bits per heavy atom. The number of anilines is 2. The Bertz CT molecular complexity index is 1130. The van der Waals surface area contributed by atoms with Gasteiger partial charge in [0.25, 0.3) is 5.69 Å². The van der Waals surface area contributed by atoms with Gasteiger partial charge in [-0.05, 0) is 23.4 Å². The maximum Gasteiger partial charge on any atom is 0.506 e. The van der Waals surface area contributed by atoms with Gasteiger partial charge in [0.15, 0.2) is 0 Å². The number of benzene rings is 1. The minimum absolute atomic E-state index is 0.0472. The standard InChI is InChI=1S/C20H21N5O5S/c1-12-11-31-18-16(12)17(21-10-13-3-2-4-14(9-13)25(28)29)22-19(23-18)24-7-5-15(6-8-24)30-20(26)27/h2-4,9,11,15H,5-8,10H2,1H3,(H,26,27)(H,21,22,23). The maximum atomic E-state index is 11.0. The van der Waals surface area contributed by atoms with Gasteiger partial charge < -0.3 is 20.1 Å². The monoisotopic (exact) mass is 443 g/mol. The summed E-state index contributed by atoms with van der Waals surface area (Å²) in [6.45, 7) is 3.57. The summed E-state index contributed by atoms with van der Waals surface area (Å²) < 4.78 is 4.88. The highest BCUT2D eigenvalue weighted by molar-refractivity contribution is 7.17. The number of non-ortho nitro benzene ring substituents is 1. The molecule has 0 saturated carbocycles. The van der Waals surface area contributed by atoms with Gasteiger partial charge in [0.05, 0.1) is 10.3 Å². The number of hydrogen-bond acceptors (Lipinski definition) is 9. The molecule has 1 aromatic carbocycles. The molecule has 2 N–H and O–H groups in total. The minimum Gasteiger partial charge on any atom is -0.450 e. The molecule has 4 rings (SSSR count). The molecule has 0 amide bonds. The highest BCUT2D eigenvalue weighted by Gasteiger charge is 2.25. The van der Waals surface area contributed by atoms with Gasteiger partial charge in [0, 0.05) is 44.6 Å². The van der Waals surface area contributed by atoms with Crippen LogP contribution in [-0.2, 0) is 11.3 Å². The predicted molar refractivity (Wildman–Crippen MR) is 117 cm³/mol. The Labute approximate surface area is 181 Å². The molecule has 162 valence electrons. The molecule has 31 heavy (non-hydrogen) atoms. The fraction of sp³-hybridized carbons (Fsp3) is 0.350. The van der Waals surface area contributed by atoms with Crippen LogP contribution >= 0.6 is 11.3 Å². The number of rotatable bonds is 6. The summed E-state index contributed by atoms with van der Waals surface area (Å²) in [7, 11) is 0. The molecular formula is C20H21N5O5S. The first-order valence-electron chi connectivity index (χ1n) is 9.78. The first kappa shape index (κ1) is 20.8. The van der Waals surface area contributed by atoms with Gasteiger partial charge in [0.1, 0.15) is 16.8 Å². The van der Waals surface area contributed by atoms with Crippen LogP contribution < -0.4 is 10.2 Å². The van der Waals surface area contributed by atoms with Gasteiger partial charge in [-0.15, -0.1) is 11.3 Å². The Morgan fingerprint density at radius 2 is 2.16 bits per heavy atom. The minimum atomic E-state index is -1.25. The van der Waals surface area contributed by atoms with Crippen LogP contribution in [0.15, 0.2) is 29.6 Å². The normalized spacial score (nSPS) is 14.5. The van der Waals surface area contributed by atoms with E-state index in [2.05, 4.69) is 5.32 Å². The van der Waals surface area contributed by atoms with Crippen LogP contribution in [0.3, 0.4) is 0 Å². The van der Waals surface area contributed by atoms with Crippen LogP contribution in [0.1, 0.15) is 24.0 Å². The number of nitrogens with one attached hydrogen (secondary N) is 1. The second-order valence-electron chi connectivity index (χ2n) is 7.32. The number of aryl methyl sites for hydroxylation is 1. The van der Waals surface area contributed by atoms with E-state index >= 15 is 0 Å². The third kappa shape index (κ3) is 4.66. The van der Waals surface area contributed by atoms with Gasteiger partial charge in [-0.2, -0.15) is 4.98 Å². The second-order valence-corrected chi connectivity index (χ2v) is 8.18. The van der Waals surface area contributed by atoms with E-state index in [1.807, 2.05) is 23.3 Å². The number of nitro benzene ring substituents is 1. The molecule has 1 fully saturated rings. The van der Waals surface area contributed by atoms with Crippen molar-refractivity contribution in [3.05, 3.63) is 50.9 Å². The fourth-order valence-electron chi connectivity index (χ4n) is 3.62. The lowest BCUT2D eigenvalue weighted by atomic mass is 10.1. The molecule has 0 atom stereocenters. The van der Waals surface area contributed by atoms with Gasteiger partial charge in [-0.3, -0.25) is 10.1 Å². The number of fused-ring (bicyclic) bond motifs is 1. The number of nitro groups is 1. The van der Waals surface area contributed by atoms with E-state index in [0.29, 0.717) is 44.2 Å². The lowest BCUT2D eigenvalue weighted by Crippen LogP contribution is -2.38. The van der Waals surface area contributed by atoms with Crippen molar-refractivity contribution in [2.75, 3.05) is 23.3 Å². The van der Waals surface area contributed by atoms with E-state index in [1.165, 1.54) is 17.4 Å². The molecule has 0 bridgehead atoms. The second kappa shape index (κ2) is 8.72. The third-order valence-electron chi connectivity index (χ3n) is 5.18. The summed E-state index contributed by atoms with van der Waals surface area (Å²) in [5, 5.41) is 26.1. The lowest BCUT2D eigenvalue weighted by Gasteiger charge is -2.31. The summed E-state index contributed by atoms with van der Waals surface area (Å²) in [5.41, 5.74) is 1.88. The zero-order valence-corrected chi connectivity index (χ0v) is 17.6. The first-order valence-corrected chi connectivity index (χ1v) is 10.7. The van der Waals surface area contributed by atoms with Crippen LogP contribution in [0.2, 0.25) is 0 Å². The van der Waals surface area contributed by atoms with E-state index in [4.69, 9.17) is 19.8 Å². The van der Waals surface area contributed by atoms with Crippen LogP contribution in [0.25, 0.3) is 10.2 Å². The van der Waals surface area contributed by atoms with E-state index in [0.717, 1.165) is 21.3 Å². The number of aromatic nitrogens is 2. The van der Waals surface area contributed by atoms with E-state index in [1.54, 1.807) is 12.1 Å². The number of nitrogens with zero attached hydrogens (tertiary/aromatic N) is 4. The van der Waals surface area contributed by atoms with Crippen molar-refractivity contribution in [3.63, 3.8) is 0 Å². The Hall–Kier alpha value is -3.47. The molecule has 1 aliphatic rings. The Kier molecular flexibility index (Phi) is 5.85. The van der Waals surface area contributed by atoms with Crippen molar-refractivity contribution in [2.45, 2.75) is 32.4 Å². The van der Waals surface area contributed by atoms with Crippen molar-refractivity contribution < 1.29 is 19.6 Å². The van der Waals surface area contributed by atoms with Gasteiger partial charge in [-0.1, -0.05) is 12.1 Å². The number of carboxylic acid groups (broad SMARTS) is 1. The summed E-state index contributed by atoms with van der Waals surface area (Å²) in [5.74, 6) is 1.25. The van der Waals surface area contributed by atoms with Crippen molar-refractivity contribution in [1.82, 2.24) is 9.97 Å². The topological polar surface area (TPSA) is 131 Å². The van der Waals surface area contributed by atoms with E-state index < -0.39 is 11.1 Å². The molecular weight excluding hydrogens is 422 g/mol. The van der Waals surface area contributed by atoms with Crippen LogP contribution in [0.5, 0.6) is 0 Å². The molecule has 2 aromatic heterocycles. The number of hydrogen-bond donors (Lipinski definition) is 2. The molecule has 0 radical (unpaired) electrons. The van der Waals surface area contributed by atoms with Crippen molar-refractivity contribution in [2.24, 2.45) is 0 Å². The molecule has 10 nitrogen and oxygen atoms in total. The summed E-state index contributed by atoms with van der Waals surface area (Å²) >= 11 is 1.53. The van der Waals surface area contributed by atoms with E-state index in [-0.39, 0.29) is 11.8 Å². The lowest BCUT2D eigenvalue weighted by molar-refractivity contribution is -0.384. The maximum absolute atomic E-state index is 11.0. The van der Waals surface area contributed by atoms with Gasteiger partial charge >= 0.3 is 6.16 Å². The Morgan fingerprint density at radius 1 is 1.39 bits per heavy atom. The average molecular weight is 443 g/mol. The zero-order chi connectivity index (χ0) is 22.0. The van der Waals surface area contributed by atoms with Crippen LogP contribution in [0, 0.1) is 17.0 Å². The fourth-order valence-corrected chi connectivity index (χ4v) is 4.54. The van der Waals surface area contributed by atoms with Crippen LogP contribution in [0.4, 0.5) is 22.2 Å². The SMILES string of the molecule is Cc1csc2nc(N3CCC(OC(=O)O)CC3)nc(NCc3cccc([N+](=O)[O-])c3)c12. The van der Waals surface area contributed by atoms with E-state index in [9.17, 15) is 14.9 Å². The average Bonchev–Trinajstić information content (AvgIpc) is 3.13. The summed E-state index contributed by atoms with van der Waals surface area (Å²) in [6, 6.07) is 6.49. The zero-order valence-electron chi connectivity index (χ0n) is 16.8. The molecule has 1 saturated heterocycles. The number of ether oxygens (including phenoxy) is 1. The largest absolute Gasteiger partial charge is 0.506 e. The third-order valence-corrected chi connectivity index (χ3v) is 6.17. The molecule has 3 heterocycles. The number of piperidine rings is 1. The smallest absolute Gasteiger partial charge is 0.450 e. The quantitative estimate of drug-likeness (QED) is 0.327. The summed E-state index contributed by atoms with van der Waals surface area (Å²) in [6.07, 6.45) is -0.410. The Balaban J connectivity index is 1.55. The first-order chi connectivity index (χ1) is 14.9. The highest BCUT2D eigenvalue weighted by atomic mass is 32.1. The molecule has 1 aliphatic heterocycles. The van der Waals surface area contributed by atoms with Gasteiger partial charge in [-0.25, -0.2) is 9.78 Å². The number of thiophene rings is 1. The molecule has 11 heteroatoms. The molecule has 3 aromatic rings. The predicted octanol–water partition coefficient (Wildman–Crippen LogP) is 4.18. The number of carbonyl (C=O) groups is 1. The van der Waals surface area contributed by atoms with Crippen molar-refractivity contribution in [3.8, 4) is 0 Å². The summed E-state index contributed by atoms with van der Waals surface area (Å²) in [4.78, 5) is 33.7. The van der Waals surface area contributed by atoms with Crippen molar-refractivity contribution >= 4 is 45.2 Å².